The summed E-state index contributed by atoms with van der Waals surface area (Å²) in [6.45, 7) is 12.1. The summed E-state index contributed by atoms with van der Waals surface area (Å²) < 4.78 is 4.25. The molecule has 0 amide bonds. The molecule has 1 aromatic rings. The molecule has 3 heteroatoms. The van der Waals surface area contributed by atoms with Gasteiger partial charge >= 0.3 is 0 Å². The van der Waals surface area contributed by atoms with Crippen LogP contribution in [0, 0.1) is 0 Å². The lowest BCUT2D eigenvalue weighted by molar-refractivity contribution is 0.277. The van der Waals surface area contributed by atoms with Crippen LogP contribution in [0.3, 0.4) is 0 Å². The summed E-state index contributed by atoms with van der Waals surface area (Å²) in [5.74, 6) is 0.519. The van der Waals surface area contributed by atoms with Crippen LogP contribution in [-0.4, -0.2) is 24.4 Å². The molecule has 0 aliphatic rings. The van der Waals surface area contributed by atoms with Crippen molar-refractivity contribution in [2.75, 3.05) is 14.2 Å². The fourth-order valence-electron chi connectivity index (χ4n) is 1.78. The number of aromatic hydroxyl groups is 2. The van der Waals surface area contributed by atoms with Crippen molar-refractivity contribution >= 4 is 0 Å². The molecule has 1 rings (SSSR count). The van der Waals surface area contributed by atoms with Gasteiger partial charge in [-0.05, 0) is 23.0 Å². The molecule has 0 saturated carbocycles. The summed E-state index contributed by atoms with van der Waals surface area (Å²) in [5.41, 5.74) is 1.21. The van der Waals surface area contributed by atoms with Crippen molar-refractivity contribution < 1.29 is 14.9 Å². The monoisotopic (exact) mass is 268 g/mol. The Morgan fingerprint density at radius 3 is 1.11 bits per heavy atom. The fourth-order valence-corrected chi connectivity index (χ4v) is 1.78. The van der Waals surface area contributed by atoms with Crippen LogP contribution in [-0.2, 0) is 15.6 Å². The van der Waals surface area contributed by atoms with Gasteiger partial charge in [-0.1, -0.05) is 41.5 Å². The summed E-state index contributed by atoms with van der Waals surface area (Å²) in [6, 6.07) is 3.35. The first-order chi connectivity index (χ1) is 8.45. The van der Waals surface area contributed by atoms with Gasteiger partial charge in [0, 0.05) is 25.3 Å². The highest BCUT2D eigenvalue weighted by Crippen LogP contribution is 2.39. The Morgan fingerprint density at radius 1 is 0.737 bits per heavy atom. The molecule has 2 N–H and O–H groups in total. The molecule has 1 aromatic carbocycles. The van der Waals surface area contributed by atoms with Crippen molar-refractivity contribution in [2.24, 2.45) is 0 Å². The molecular weight excluding hydrogens is 240 g/mol. The molecule has 110 valence electrons. The Morgan fingerprint density at radius 2 is 0.947 bits per heavy atom. The third-order valence-electron chi connectivity index (χ3n) is 2.73. The maximum Gasteiger partial charge on any atom is 0.119 e. The summed E-state index contributed by atoms with van der Waals surface area (Å²) >= 11 is 0. The van der Waals surface area contributed by atoms with Gasteiger partial charge in [0.05, 0.1) is 0 Å². The normalized spacial score (nSPS) is 11.8. The molecule has 0 aliphatic heterocycles. The van der Waals surface area contributed by atoms with Crippen LogP contribution < -0.4 is 0 Å². The van der Waals surface area contributed by atoms with Gasteiger partial charge in [0.25, 0.3) is 0 Å². The van der Waals surface area contributed by atoms with Crippen LogP contribution in [0.4, 0.5) is 0 Å². The standard InChI is InChI=1S/C14H22O2.C2H6O/c1-13(2,3)9-7-12(16)10(8-11(9)15)14(4,5)6;1-3-2/h7-8,15-16H,1-6H3;1-2H3. The van der Waals surface area contributed by atoms with E-state index in [1.165, 1.54) is 0 Å². The highest BCUT2D eigenvalue weighted by Gasteiger charge is 2.24. The molecule has 0 spiro atoms. The molecule has 0 heterocycles. The van der Waals surface area contributed by atoms with E-state index in [9.17, 15) is 10.2 Å². The number of phenolic OH excluding ortho intramolecular Hbond substituents is 2. The highest BCUT2D eigenvalue weighted by atomic mass is 16.4. The third kappa shape index (κ3) is 5.11. The molecule has 0 saturated heterocycles. The van der Waals surface area contributed by atoms with Crippen molar-refractivity contribution in [3.8, 4) is 11.5 Å². The van der Waals surface area contributed by atoms with E-state index < -0.39 is 0 Å². The average Bonchev–Trinajstić information content (AvgIpc) is 2.19. The topological polar surface area (TPSA) is 49.7 Å². The summed E-state index contributed by atoms with van der Waals surface area (Å²) in [5, 5.41) is 20.0. The van der Waals surface area contributed by atoms with E-state index in [-0.39, 0.29) is 22.3 Å². The molecule has 0 aliphatic carbocycles. The molecule has 0 aromatic heterocycles. The molecule has 19 heavy (non-hydrogen) atoms. The number of rotatable bonds is 0. The fraction of sp³-hybridized carbons (Fsp3) is 0.625. The lowest BCUT2D eigenvalue weighted by Gasteiger charge is -2.25. The van der Waals surface area contributed by atoms with E-state index in [0.717, 1.165) is 11.1 Å². The minimum absolute atomic E-state index is 0.169. The van der Waals surface area contributed by atoms with Gasteiger partial charge in [-0.3, -0.25) is 0 Å². The van der Waals surface area contributed by atoms with Gasteiger partial charge in [0.2, 0.25) is 0 Å². The third-order valence-corrected chi connectivity index (χ3v) is 2.73. The van der Waals surface area contributed by atoms with Crippen LogP contribution in [0.2, 0.25) is 0 Å². The van der Waals surface area contributed by atoms with Crippen LogP contribution in [0.15, 0.2) is 12.1 Å². The Kier molecular flexibility index (Phi) is 5.88. The maximum absolute atomic E-state index is 10.0. The first kappa shape index (κ1) is 17.8. The predicted molar refractivity (Wildman–Crippen MR) is 80.1 cm³/mol. The second kappa shape index (κ2) is 6.29. The zero-order valence-corrected chi connectivity index (χ0v) is 13.5. The van der Waals surface area contributed by atoms with Crippen molar-refractivity contribution in [1.29, 1.82) is 0 Å². The smallest absolute Gasteiger partial charge is 0.119 e. The summed E-state index contributed by atoms with van der Waals surface area (Å²) in [4.78, 5) is 0. The second-order valence-electron chi connectivity index (χ2n) is 6.79. The quantitative estimate of drug-likeness (QED) is 0.700. The van der Waals surface area contributed by atoms with Crippen LogP contribution >= 0.6 is 0 Å². The zero-order chi connectivity index (χ0) is 15.4. The van der Waals surface area contributed by atoms with E-state index in [1.54, 1.807) is 26.4 Å². The van der Waals surface area contributed by atoms with E-state index in [1.807, 2.05) is 41.5 Å². The van der Waals surface area contributed by atoms with Crippen LogP contribution in [0.25, 0.3) is 0 Å². The van der Waals surface area contributed by atoms with Crippen molar-refractivity contribution in [3.63, 3.8) is 0 Å². The van der Waals surface area contributed by atoms with E-state index in [0.29, 0.717) is 0 Å². The van der Waals surface area contributed by atoms with Crippen molar-refractivity contribution in [2.45, 2.75) is 52.4 Å². The Labute approximate surface area is 117 Å². The number of methoxy groups -OCH3 is 1. The number of hydrogen-bond acceptors (Lipinski definition) is 3. The van der Waals surface area contributed by atoms with Gasteiger partial charge in [-0.25, -0.2) is 0 Å². The molecular formula is C16H28O3. The van der Waals surface area contributed by atoms with Gasteiger partial charge in [0.1, 0.15) is 11.5 Å². The Bertz CT molecular complexity index is 369. The number of hydrogen-bond donors (Lipinski definition) is 2. The van der Waals surface area contributed by atoms with E-state index in [2.05, 4.69) is 4.74 Å². The lowest BCUT2D eigenvalue weighted by Crippen LogP contribution is -2.15. The molecule has 0 bridgehead atoms. The van der Waals surface area contributed by atoms with Gasteiger partial charge in [0.15, 0.2) is 0 Å². The number of ether oxygens (including phenoxy) is 1. The minimum atomic E-state index is -0.169. The SMILES string of the molecule is CC(C)(C)c1cc(O)c(C(C)(C)C)cc1O.COC. The van der Waals surface area contributed by atoms with E-state index >= 15 is 0 Å². The van der Waals surface area contributed by atoms with E-state index in [4.69, 9.17) is 0 Å². The average molecular weight is 268 g/mol. The maximum atomic E-state index is 10.0. The van der Waals surface area contributed by atoms with Gasteiger partial charge in [-0.15, -0.1) is 0 Å². The zero-order valence-electron chi connectivity index (χ0n) is 13.5. The molecule has 0 atom stereocenters. The first-order valence-corrected chi connectivity index (χ1v) is 6.42. The van der Waals surface area contributed by atoms with Crippen LogP contribution in [0.5, 0.6) is 11.5 Å². The van der Waals surface area contributed by atoms with Crippen LogP contribution in [0.1, 0.15) is 52.7 Å². The first-order valence-electron chi connectivity index (χ1n) is 6.42. The lowest BCUT2D eigenvalue weighted by atomic mass is 9.81. The predicted octanol–water partition coefficient (Wildman–Crippen LogP) is 3.96. The minimum Gasteiger partial charge on any atom is -0.508 e. The second-order valence-corrected chi connectivity index (χ2v) is 6.79. The Balaban J connectivity index is 0.000000982. The van der Waals surface area contributed by atoms with Gasteiger partial charge in [-0.2, -0.15) is 0 Å². The Hall–Kier alpha value is -1.22. The summed E-state index contributed by atoms with van der Waals surface area (Å²) in [7, 11) is 3.25. The van der Waals surface area contributed by atoms with Crippen molar-refractivity contribution in [3.05, 3.63) is 23.3 Å². The molecule has 3 nitrogen and oxygen atoms in total. The van der Waals surface area contributed by atoms with Crippen molar-refractivity contribution in [1.82, 2.24) is 0 Å². The summed E-state index contributed by atoms with van der Waals surface area (Å²) in [6.07, 6.45) is 0. The van der Waals surface area contributed by atoms with Gasteiger partial charge < -0.3 is 14.9 Å². The molecule has 0 fully saturated rings. The number of benzene rings is 1. The molecule has 0 radical (unpaired) electrons. The molecule has 0 unspecified atom stereocenters. The number of phenols is 2. The largest absolute Gasteiger partial charge is 0.508 e. The highest BCUT2D eigenvalue weighted by molar-refractivity contribution is 5.50.